The summed E-state index contributed by atoms with van der Waals surface area (Å²) >= 11 is 0. The summed E-state index contributed by atoms with van der Waals surface area (Å²) in [5.74, 6) is -0.0770. The monoisotopic (exact) mass is 296 g/mol. The number of nitrogens with zero attached hydrogens (tertiary/aromatic N) is 1. The van der Waals surface area contributed by atoms with Crippen molar-refractivity contribution in [2.75, 3.05) is 26.2 Å². The molecule has 0 bridgehead atoms. The van der Waals surface area contributed by atoms with E-state index in [1.807, 2.05) is 0 Å². The number of amides is 1. The number of benzene rings is 1. The quantitative estimate of drug-likeness (QED) is 0.813. The molecule has 1 fully saturated rings. The lowest BCUT2D eigenvalue weighted by Gasteiger charge is -2.31. The van der Waals surface area contributed by atoms with Crippen molar-refractivity contribution in [2.24, 2.45) is 11.7 Å². The van der Waals surface area contributed by atoms with Gasteiger partial charge in [0.2, 0.25) is 5.91 Å². The van der Waals surface area contributed by atoms with Crippen LogP contribution in [0.5, 0.6) is 5.75 Å². The predicted octanol–water partition coefficient (Wildman–Crippen LogP) is 0.763. The number of hydrogen-bond acceptors (Lipinski definition) is 4. The maximum atomic E-state index is 12.7. The maximum Gasteiger partial charge on any atom is 0.220 e. The first-order valence-electron chi connectivity index (χ1n) is 7.12. The number of halogens is 1. The van der Waals surface area contributed by atoms with Gasteiger partial charge in [0, 0.05) is 12.5 Å². The number of β-amino-alcohol motifs (C(OH)–C–C–N with tert-alkyl or cyclic N) is 1. The van der Waals surface area contributed by atoms with Crippen LogP contribution < -0.4 is 10.5 Å². The van der Waals surface area contributed by atoms with Gasteiger partial charge in [-0.25, -0.2) is 4.39 Å². The molecule has 1 amide bonds. The molecule has 1 aliphatic heterocycles. The average Bonchev–Trinajstić information content (AvgIpc) is 2.47. The zero-order valence-electron chi connectivity index (χ0n) is 11.9. The highest BCUT2D eigenvalue weighted by atomic mass is 19.1. The highest BCUT2D eigenvalue weighted by Crippen LogP contribution is 2.17. The van der Waals surface area contributed by atoms with Crippen LogP contribution in [-0.4, -0.2) is 48.3 Å². The van der Waals surface area contributed by atoms with Crippen LogP contribution in [0.3, 0.4) is 0 Å². The number of carbonyl (C=O) groups excluding carboxylic acids is 1. The lowest BCUT2D eigenvalue weighted by atomic mass is 9.96. The molecule has 1 saturated heterocycles. The molecule has 0 aliphatic carbocycles. The van der Waals surface area contributed by atoms with Gasteiger partial charge in [0.1, 0.15) is 24.3 Å². The van der Waals surface area contributed by atoms with E-state index in [0.29, 0.717) is 12.3 Å². The molecule has 116 valence electrons. The molecule has 1 aromatic rings. The Labute approximate surface area is 123 Å². The number of aliphatic hydroxyl groups is 1. The molecule has 0 spiro atoms. The van der Waals surface area contributed by atoms with Crippen LogP contribution in [0.1, 0.15) is 12.8 Å². The minimum Gasteiger partial charge on any atom is -0.491 e. The van der Waals surface area contributed by atoms with Crippen molar-refractivity contribution in [3.63, 3.8) is 0 Å². The number of carbonyl (C=O) groups is 1. The number of likely N-dealkylation sites (tertiary alicyclic amines) is 1. The Morgan fingerprint density at radius 3 is 2.57 bits per heavy atom. The summed E-state index contributed by atoms with van der Waals surface area (Å²) in [5, 5.41) is 9.96. The van der Waals surface area contributed by atoms with Gasteiger partial charge in [0.25, 0.3) is 0 Å². The third-order valence-electron chi connectivity index (χ3n) is 3.71. The van der Waals surface area contributed by atoms with Crippen molar-refractivity contribution in [1.82, 2.24) is 4.90 Å². The van der Waals surface area contributed by atoms with E-state index < -0.39 is 6.10 Å². The first-order chi connectivity index (χ1) is 10.0. The van der Waals surface area contributed by atoms with E-state index >= 15 is 0 Å². The second kappa shape index (κ2) is 7.38. The SMILES string of the molecule is NC(=O)C1CCN(C[C@H](O)COc2ccc(F)cc2)CC1. The summed E-state index contributed by atoms with van der Waals surface area (Å²) in [6, 6.07) is 5.69. The van der Waals surface area contributed by atoms with Gasteiger partial charge in [0.15, 0.2) is 0 Å². The van der Waals surface area contributed by atoms with Crippen LogP contribution >= 0.6 is 0 Å². The van der Waals surface area contributed by atoms with Crippen molar-refractivity contribution in [3.8, 4) is 5.75 Å². The fraction of sp³-hybridized carbons (Fsp3) is 0.533. The maximum absolute atomic E-state index is 12.7. The number of aliphatic hydroxyl groups excluding tert-OH is 1. The van der Waals surface area contributed by atoms with Gasteiger partial charge in [-0.15, -0.1) is 0 Å². The van der Waals surface area contributed by atoms with Crippen LogP contribution in [0.4, 0.5) is 4.39 Å². The van der Waals surface area contributed by atoms with Crippen LogP contribution in [0, 0.1) is 11.7 Å². The predicted molar refractivity (Wildman–Crippen MR) is 76.3 cm³/mol. The second-order valence-electron chi connectivity index (χ2n) is 5.40. The lowest BCUT2D eigenvalue weighted by Crippen LogP contribution is -2.43. The van der Waals surface area contributed by atoms with Gasteiger partial charge >= 0.3 is 0 Å². The highest BCUT2D eigenvalue weighted by Gasteiger charge is 2.24. The summed E-state index contributed by atoms with van der Waals surface area (Å²) in [6.07, 6.45) is 0.849. The fourth-order valence-corrected chi connectivity index (χ4v) is 2.47. The van der Waals surface area contributed by atoms with Crippen LogP contribution in [-0.2, 0) is 4.79 Å². The van der Waals surface area contributed by atoms with Gasteiger partial charge in [-0.05, 0) is 50.2 Å². The van der Waals surface area contributed by atoms with E-state index in [-0.39, 0.29) is 24.2 Å². The van der Waals surface area contributed by atoms with Crippen molar-refractivity contribution in [3.05, 3.63) is 30.1 Å². The van der Waals surface area contributed by atoms with Crippen molar-refractivity contribution in [1.29, 1.82) is 0 Å². The normalized spacial score (nSPS) is 18.4. The Balaban J connectivity index is 1.69. The first kappa shape index (κ1) is 15.7. The zero-order valence-corrected chi connectivity index (χ0v) is 11.9. The Morgan fingerprint density at radius 1 is 1.38 bits per heavy atom. The molecule has 0 saturated carbocycles. The third-order valence-corrected chi connectivity index (χ3v) is 3.71. The summed E-state index contributed by atoms with van der Waals surface area (Å²) in [6.45, 7) is 2.15. The number of hydrogen-bond donors (Lipinski definition) is 2. The third kappa shape index (κ3) is 4.99. The van der Waals surface area contributed by atoms with E-state index in [9.17, 15) is 14.3 Å². The Bertz CT molecular complexity index is 458. The number of rotatable bonds is 6. The molecule has 1 heterocycles. The summed E-state index contributed by atoms with van der Waals surface area (Å²) in [4.78, 5) is 13.2. The van der Waals surface area contributed by atoms with E-state index in [1.165, 1.54) is 24.3 Å². The number of piperidine rings is 1. The molecule has 1 aromatic carbocycles. The topological polar surface area (TPSA) is 75.8 Å². The van der Waals surface area contributed by atoms with Crippen molar-refractivity contribution >= 4 is 5.91 Å². The number of ether oxygens (including phenoxy) is 1. The van der Waals surface area contributed by atoms with Gasteiger partial charge in [-0.3, -0.25) is 4.79 Å². The minimum absolute atomic E-state index is 0.0474. The molecule has 3 N–H and O–H groups in total. The molecular weight excluding hydrogens is 275 g/mol. The van der Waals surface area contributed by atoms with E-state index in [2.05, 4.69) is 4.90 Å². The Hall–Kier alpha value is -1.66. The summed E-state index contributed by atoms with van der Waals surface area (Å²) in [7, 11) is 0. The Kier molecular flexibility index (Phi) is 5.52. The zero-order chi connectivity index (χ0) is 15.2. The average molecular weight is 296 g/mol. The van der Waals surface area contributed by atoms with Gasteiger partial charge in [-0.2, -0.15) is 0 Å². The molecule has 1 aliphatic rings. The molecule has 6 heteroatoms. The summed E-state index contributed by atoms with van der Waals surface area (Å²) < 4.78 is 18.1. The van der Waals surface area contributed by atoms with Crippen LogP contribution in [0.25, 0.3) is 0 Å². The minimum atomic E-state index is -0.625. The number of primary amides is 1. The lowest BCUT2D eigenvalue weighted by molar-refractivity contribution is -0.123. The molecule has 1 atom stereocenters. The smallest absolute Gasteiger partial charge is 0.220 e. The van der Waals surface area contributed by atoms with Gasteiger partial charge in [-0.1, -0.05) is 0 Å². The number of nitrogens with two attached hydrogens (primary N) is 1. The molecule has 0 unspecified atom stereocenters. The second-order valence-corrected chi connectivity index (χ2v) is 5.40. The Morgan fingerprint density at radius 2 is 2.00 bits per heavy atom. The molecule has 2 rings (SSSR count). The summed E-state index contributed by atoms with van der Waals surface area (Å²) in [5.41, 5.74) is 5.28. The van der Waals surface area contributed by atoms with E-state index in [0.717, 1.165) is 25.9 Å². The molecular formula is C15H21FN2O3. The van der Waals surface area contributed by atoms with Crippen molar-refractivity contribution in [2.45, 2.75) is 18.9 Å². The molecule has 5 nitrogen and oxygen atoms in total. The fourth-order valence-electron chi connectivity index (χ4n) is 2.47. The highest BCUT2D eigenvalue weighted by molar-refractivity contribution is 5.76. The standard InChI is InChI=1S/C15H21FN2O3/c16-12-1-3-14(4-2-12)21-10-13(19)9-18-7-5-11(6-8-18)15(17)20/h1-4,11,13,19H,5-10H2,(H2,17,20)/t13-/m0/s1. The van der Waals surface area contributed by atoms with Gasteiger partial charge in [0.05, 0.1) is 0 Å². The van der Waals surface area contributed by atoms with E-state index in [4.69, 9.17) is 10.5 Å². The first-order valence-corrected chi connectivity index (χ1v) is 7.12. The molecule has 0 aromatic heterocycles. The van der Waals surface area contributed by atoms with Crippen molar-refractivity contribution < 1.29 is 19.0 Å². The van der Waals surface area contributed by atoms with Crippen LogP contribution in [0.2, 0.25) is 0 Å². The molecule has 0 radical (unpaired) electrons. The van der Waals surface area contributed by atoms with E-state index in [1.54, 1.807) is 0 Å². The largest absolute Gasteiger partial charge is 0.491 e. The van der Waals surface area contributed by atoms with Crippen LogP contribution in [0.15, 0.2) is 24.3 Å². The molecule has 21 heavy (non-hydrogen) atoms. The van der Waals surface area contributed by atoms with Gasteiger partial charge < -0.3 is 20.5 Å².